The molecular weight excluding hydrogens is 222 g/mol. The number of nitrogens with one attached hydrogen (secondary N) is 1. The quantitative estimate of drug-likeness (QED) is 0.856. The van der Waals surface area contributed by atoms with Crippen molar-refractivity contribution in [1.82, 2.24) is 5.32 Å². The topological polar surface area (TPSA) is 12.0 Å². The van der Waals surface area contributed by atoms with Crippen LogP contribution in [0.5, 0.6) is 0 Å². The van der Waals surface area contributed by atoms with E-state index in [-0.39, 0.29) is 0 Å². The summed E-state index contributed by atoms with van der Waals surface area (Å²) >= 11 is 3.59. The van der Waals surface area contributed by atoms with Crippen LogP contribution in [0.3, 0.4) is 0 Å². The van der Waals surface area contributed by atoms with Crippen LogP contribution in [0.15, 0.2) is 28.3 Å². The molecule has 0 aliphatic rings. The highest BCUT2D eigenvalue weighted by Gasteiger charge is 2.13. The smallest absolute Gasteiger partial charge is 0.0369 e. The lowest BCUT2D eigenvalue weighted by Gasteiger charge is -2.15. The molecule has 0 aromatic carbocycles. The third kappa shape index (κ3) is 2.48. The molecule has 1 N–H and O–H groups in total. The summed E-state index contributed by atoms with van der Waals surface area (Å²) in [6.45, 7) is 2.19. The summed E-state index contributed by atoms with van der Waals surface area (Å²) in [4.78, 5) is 1.42. The fraction of sp³-hybridized carbons (Fsp3) is 0.333. The molecule has 1 atom stereocenters. The van der Waals surface area contributed by atoms with Crippen molar-refractivity contribution in [3.05, 3.63) is 44.3 Å². The third-order valence-electron chi connectivity index (χ3n) is 2.64. The molecule has 3 heteroatoms. The van der Waals surface area contributed by atoms with Crippen molar-refractivity contribution in [3.63, 3.8) is 0 Å². The highest BCUT2D eigenvalue weighted by atomic mass is 32.1. The minimum Gasteiger partial charge on any atom is -0.313 e. The van der Waals surface area contributed by atoms with Crippen LogP contribution in [-0.2, 0) is 6.42 Å². The Morgan fingerprint density at radius 1 is 1.33 bits per heavy atom. The molecule has 2 rings (SSSR count). The SMILES string of the molecule is CNC(Cc1ccsc1)c1ccsc1C. The molecule has 0 bridgehead atoms. The summed E-state index contributed by atoms with van der Waals surface area (Å²) in [6, 6.07) is 4.88. The van der Waals surface area contributed by atoms with Crippen molar-refractivity contribution < 1.29 is 0 Å². The lowest BCUT2D eigenvalue weighted by atomic mass is 10.0. The van der Waals surface area contributed by atoms with Crippen molar-refractivity contribution in [2.75, 3.05) is 7.05 Å². The Morgan fingerprint density at radius 3 is 2.73 bits per heavy atom. The number of thiophene rings is 2. The Bertz CT molecular complexity index is 403. The van der Waals surface area contributed by atoms with Crippen LogP contribution < -0.4 is 5.32 Å². The third-order valence-corrected chi connectivity index (χ3v) is 4.24. The summed E-state index contributed by atoms with van der Waals surface area (Å²) in [6.07, 6.45) is 1.08. The van der Waals surface area contributed by atoms with Crippen LogP contribution in [-0.4, -0.2) is 7.05 Å². The Labute approximate surface area is 98.8 Å². The van der Waals surface area contributed by atoms with Gasteiger partial charge in [-0.25, -0.2) is 0 Å². The van der Waals surface area contributed by atoms with Crippen molar-refractivity contribution in [2.24, 2.45) is 0 Å². The number of rotatable bonds is 4. The normalized spacial score (nSPS) is 12.9. The van der Waals surface area contributed by atoms with E-state index in [1.165, 1.54) is 16.0 Å². The maximum Gasteiger partial charge on any atom is 0.0369 e. The number of likely N-dealkylation sites (N-methyl/N-ethyl adjacent to an activating group) is 1. The van der Waals surface area contributed by atoms with E-state index in [1.54, 1.807) is 11.3 Å². The van der Waals surface area contributed by atoms with Gasteiger partial charge in [0.15, 0.2) is 0 Å². The van der Waals surface area contributed by atoms with Gasteiger partial charge in [0.05, 0.1) is 0 Å². The van der Waals surface area contributed by atoms with E-state index in [4.69, 9.17) is 0 Å². The molecule has 80 valence electrons. The first-order valence-corrected chi connectivity index (χ1v) is 6.86. The molecule has 0 saturated carbocycles. The van der Waals surface area contributed by atoms with Crippen LogP contribution in [0.2, 0.25) is 0 Å². The molecule has 15 heavy (non-hydrogen) atoms. The van der Waals surface area contributed by atoms with Crippen molar-refractivity contribution in [2.45, 2.75) is 19.4 Å². The van der Waals surface area contributed by atoms with E-state index in [2.05, 4.69) is 40.5 Å². The van der Waals surface area contributed by atoms with E-state index in [0.717, 1.165) is 6.42 Å². The second kappa shape index (κ2) is 4.92. The van der Waals surface area contributed by atoms with Crippen LogP contribution in [0.4, 0.5) is 0 Å². The van der Waals surface area contributed by atoms with Gasteiger partial charge in [0.25, 0.3) is 0 Å². The first kappa shape index (κ1) is 10.9. The highest BCUT2D eigenvalue weighted by Crippen LogP contribution is 2.25. The average Bonchev–Trinajstić information content (AvgIpc) is 2.85. The van der Waals surface area contributed by atoms with Gasteiger partial charge in [0.1, 0.15) is 0 Å². The van der Waals surface area contributed by atoms with Crippen molar-refractivity contribution in [1.29, 1.82) is 0 Å². The second-order valence-corrected chi connectivity index (χ2v) is 5.51. The summed E-state index contributed by atoms with van der Waals surface area (Å²) in [5, 5.41) is 9.93. The van der Waals surface area contributed by atoms with Gasteiger partial charge in [0, 0.05) is 10.9 Å². The Morgan fingerprint density at radius 2 is 2.20 bits per heavy atom. The summed E-state index contributed by atoms with van der Waals surface area (Å²) in [7, 11) is 2.04. The van der Waals surface area contributed by atoms with Gasteiger partial charge in [-0.15, -0.1) is 11.3 Å². The molecule has 0 radical (unpaired) electrons. The van der Waals surface area contributed by atoms with E-state index < -0.39 is 0 Å². The van der Waals surface area contributed by atoms with E-state index in [1.807, 2.05) is 18.4 Å². The zero-order valence-corrected chi connectivity index (χ0v) is 10.6. The standard InChI is InChI=1S/C12H15NS2/c1-9-11(4-6-15-9)12(13-2)7-10-3-5-14-8-10/h3-6,8,12-13H,7H2,1-2H3. The fourth-order valence-corrected chi connectivity index (χ4v) is 3.21. The lowest BCUT2D eigenvalue weighted by Crippen LogP contribution is -2.18. The molecule has 2 heterocycles. The minimum atomic E-state index is 0.450. The first-order valence-electron chi connectivity index (χ1n) is 5.03. The first-order chi connectivity index (χ1) is 7.31. The number of hydrogen-bond acceptors (Lipinski definition) is 3. The molecule has 2 aromatic heterocycles. The molecule has 1 nitrogen and oxygen atoms in total. The second-order valence-electron chi connectivity index (χ2n) is 3.61. The minimum absolute atomic E-state index is 0.450. The number of aryl methyl sites for hydroxylation is 1. The molecule has 0 aliphatic heterocycles. The van der Waals surface area contributed by atoms with Crippen molar-refractivity contribution >= 4 is 22.7 Å². The molecule has 0 fully saturated rings. The highest BCUT2D eigenvalue weighted by molar-refractivity contribution is 7.10. The maximum absolute atomic E-state index is 3.39. The molecule has 0 spiro atoms. The largest absolute Gasteiger partial charge is 0.313 e. The van der Waals surface area contributed by atoms with Crippen molar-refractivity contribution in [3.8, 4) is 0 Å². The van der Waals surface area contributed by atoms with Gasteiger partial charge in [-0.1, -0.05) is 0 Å². The summed E-state index contributed by atoms with van der Waals surface area (Å²) < 4.78 is 0. The van der Waals surface area contributed by atoms with E-state index in [9.17, 15) is 0 Å². The fourth-order valence-electron chi connectivity index (χ4n) is 1.77. The van der Waals surface area contributed by atoms with Crippen LogP contribution >= 0.6 is 22.7 Å². The van der Waals surface area contributed by atoms with Gasteiger partial charge < -0.3 is 5.32 Å². The van der Waals surface area contributed by atoms with Gasteiger partial charge >= 0.3 is 0 Å². The zero-order chi connectivity index (χ0) is 10.7. The van der Waals surface area contributed by atoms with Gasteiger partial charge in [-0.3, -0.25) is 0 Å². The van der Waals surface area contributed by atoms with Crippen LogP contribution in [0.25, 0.3) is 0 Å². The molecule has 0 aliphatic carbocycles. The monoisotopic (exact) mass is 237 g/mol. The van der Waals surface area contributed by atoms with E-state index in [0.29, 0.717) is 6.04 Å². The predicted octanol–water partition coefficient (Wildman–Crippen LogP) is 3.62. The van der Waals surface area contributed by atoms with Crippen LogP contribution in [0, 0.1) is 6.92 Å². The Kier molecular flexibility index (Phi) is 3.57. The van der Waals surface area contributed by atoms with Crippen LogP contribution in [0.1, 0.15) is 22.0 Å². The summed E-state index contributed by atoms with van der Waals surface area (Å²) in [5.41, 5.74) is 2.86. The lowest BCUT2D eigenvalue weighted by molar-refractivity contribution is 0.592. The molecule has 1 unspecified atom stereocenters. The zero-order valence-electron chi connectivity index (χ0n) is 8.99. The summed E-state index contributed by atoms with van der Waals surface area (Å²) in [5.74, 6) is 0. The van der Waals surface area contributed by atoms with Gasteiger partial charge in [-0.2, -0.15) is 11.3 Å². The maximum atomic E-state index is 3.39. The van der Waals surface area contributed by atoms with E-state index >= 15 is 0 Å². The van der Waals surface area contributed by atoms with Gasteiger partial charge in [0.2, 0.25) is 0 Å². The molecule has 0 amide bonds. The average molecular weight is 237 g/mol. The predicted molar refractivity (Wildman–Crippen MR) is 68.9 cm³/mol. The molecular formula is C12H15NS2. The number of hydrogen-bond donors (Lipinski definition) is 1. The Balaban J connectivity index is 2.15. The Hall–Kier alpha value is -0.640. The van der Waals surface area contributed by atoms with Gasteiger partial charge in [-0.05, 0) is 59.8 Å². The molecule has 0 saturated heterocycles. The molecule has 2 aromatic rings.